The van der Waals surface area contributed by atoms with Gasteiger partial charge in [0.1, 0.15) is 10.6 Å². The Balaban J connectivity index is 1.80. The SMILES string of the molecule is COc1ccc(Cl)cc1S(=O)(=O)N(CCC(=O)N1CCNCC1)C[C@@H]1CCCO1. The van der Waals surface area contributed by atoms with Crippen LogP contribution in [0.2, 0.25) is 5.02 Å². The first-order chi connectivity index (χ1) is 13.9. The summed E-state index contributed by atoms with van der Waals surface area (Å²) in [6.07, 6.45) is 1.64. The van der Waals surface area contributed by atoms with Gasteiger partial charge in [-0.15, -0.1) is 0 Å². The normalized spacial score (nSPS) is 20.2. The number of hydrogen-bond acceptors (Lipinski definition) is 6. The van der Waals surface area contributed by atoms with Crippen LogP contribution in [-0.2, 0) is 19.6 Å². The van der Waals surface area contributed by atoms with E-state index in [0.29, 0.717) is 24.7 Å². The molecule has 2 aliphatic heterocycles. The Morgan fingerprint density at radius 3 is 2.79 bits per heavy atom. The number of nitrogens with one attached hydrogen (secondary N) is 1. The Hall–Kier alpha value is -1.39. The van der Waals surface area contributed by atoms with Crippen LogP contribution in [0.3, 0.4) is 0 Å². The van der Waals surface area contributed by atoms with E-state index in [1.165, 1.54) is 23.5 Å². The fraction of sp³-hybridized carbons (Fsp3) is 0.632. The number of halogens is 1. The van der Waals surface area contributed by atoms with Gasteiger partial charge in [-0.25, -0.2) is 8.42 Å². The van der Waals surface area contributed by atoms with Crippen molar-refractivity contribution in [2.24, 2.45) is 0 Å². The molecule has 1 aromatic carbocycles. The Morgan fingerprint density at radius 2 is 2.14 bits per heavy atom. The van der Waals surface area contributed by atoms with Crippen LogP contribution in [0, 0.1) is 0 Å². The molecule has 0 aliphatic carbocycles. The zero-order chi connectivity index (χ0) is 20.9. The van der Waals surface area contributed by atoms with Crippen molar-refractivity contribution < 1.29 is 22.7 Å². The number of rotatable bonds is 8. The van der Waals surface area contributed by atoms with E-state index in [2.05, 4.69) is 5.32 Å². The monoisotopic (exact) mass is 445 g/mol. The predicted molar refractivity (Wildman–Crippen MR) is 110 cm³/mol. The highest BCUT2D eigenvalue weighted by molar-refractivity contribution is 7.89. The molecular formula is C19H28ClN3O5S. The molecule has 10 heteroatoms. The van der Waals surface area contributed by atoms with Crippen molar-refractivity contribution in [1.29, 1.82) is 0 Å². The Bertz CT molecular complexity index is 808. The molecular weight excluding hydrogens is 418 g/mol. The van der Waals surface area contributed by atoms with E-state index < -0.39 is 10.0 Å². The lowest BCUT2D eigenvalue weighted by molar-refractivity contribution is -0.131. The molecule has 1 amide bonds. The molecule has 0 bridgehead atoms. The molecule has 3 rings (SSSR count). The van der Waals surface area contributed by atoms with Crippen molar-refractivity contribution in [3.63, 3.8) is 0 Å². The molecule has 0 saturated carbocycles. The third kappa shape index (κ3) is 5.61. The van der Waals surface area contributed by atoms with Crippen LogP contribution >= 0.6 is 11.6 Å². The molecule has 162 valence electrons. The molecule has 1 atom stereocenters. The summed E-state index contributed by atoms with van der Waals surface area (Å²) in [6, 6.07) is 4.50. The summed E-state index contributed by atoms with van der Waals surface area (Å²) < 4.78 is 39.1. The van der Waals surface area contributed by atoms with Gasteiger partial charge in [0.15, 0.2) is 0 Å². The number of carbonyl (C=O) groups is 1. The number of methoxy groups -OCH3 is 1. The minimum absolute atomic E-state index is 0.000110. The van der Waals surface area contributed by atoms with E-state index in [9.17, 15) is 13.2 Å². The third-order valence-electron chi connectivity index (χ3n) is 5.22. The maximum absolute atomic E-state index is 13.4. The Kier molecular flexibility index (Phi) is 7.75. The third-order valence-corrected chi connectivity index (χ3v) is 7.34. The first-order valence-electron chi connectivity index (χ1n) is 9.85. The molecule has 2 aliphatic rings. The van der Waals surface area contributed by atoms with Crippen molar-refractivity contribution in [3.8, 4) is 5.75 Å². The summed E-state index contributed by atoms with van der Waals surface area (Å²) in [4.78, 5) is 14.4. The molecule has 1 aromatic rings. The van der Waals surface area contributed by atoms with Gasteiger partial charge in [-0.1, -0.05) is 11.6 Å². The van der Waals surface area contributed by atoms with E-state index in [4.69, 9.17) is 21.1 Å². The zero-order valence-corrected chi connectivity index (χ0v) is 18.2. The fourth-order valence-electron chi connectivity index (χ4n) is 3.61. The molecule has 0 aromatic heterocycles. The maximum Gasteiger partial charge on any atom is 0.246 e. The van der Waals surface area contributed by atoms with Crippen molar-refractivity contribution in [3.05, 3.63) is 23.2 Å². The number of nitrogens with zero attached hydrogens (tertiary/aromatic N) is 2. The van der Waals surface area contributed by atoms with Gasteiger partial charge in [-0.2, -0.15) is 4.31 Å². The summed E-state index contributed by atoms with van der Waals surface area (Å²) >= 11 is 6.05. The number of ether oxygens (including phenoxy) is 2. The average Bonchev–Trinajstić information content (AvgIpc) is 3.24. The lowest BCUT2D eigenvalue weighted by Gasteiger charge is -2.29. The predicted octanol–water partition coefficient (Wildman–Crippen LogP) is 1.34. The van der Waals surface area contributed by atoms with Crippen LogP contribution in [-0.4, -0.2) is 82.6 Å². The van der Waals surface area contributed by atoms with E-state index >= 15 is 0 Å². The lowest BCUT2D eigenvalue weighted by atomic mass is 10.2. The molecule has 29 heavy (non-hydrogen) atoms. The molecule has 0 spiro atoms. The van der Waals surface area contributed by atoms with Gasteiger partial charge in [0, 0.05) is 57.3 Å². The van der Waals surface area contributed by atoms with Gasteiger partial charge in [-0.3, -0.25) is 4.79 Å². The molecule has 2 saturated heterocycles. The molecule has 2 fully saturated rings. The summed E-state index contributed by atoms with van der Waals surface area (Å²) in [7, 11) is -2.50. The van der Waals surface area contributed by atoms with Crippen molar-refractivity contribution in [2.45, 2.75) is 30.3 Å². The molecule has 1 N–H and O–H groups in total. The minimum Gasteiger partial charge on any atom is -0.495 e. The number of sulfonamides is 1. The first-order valence-corrected chi connectivity index (χ1v) is 11.7. The summed E-state index contributed by atoms with van der Waals surface area (Å²) in [5.74, 6) is 0.178. The van der Waals surface area contributed by atoms with Crippen LogP contribution in [0.15, 0.2) is 23.1 Å². The second-order valence-electron chi connectivity index (χ2n) is 7.17. The van der Waals surface area contributed by atoms with Crippen LogP contribution in [0.1, 0.15) is 19.3 Å². The quantitative estimate of drug-likeness (QED) is 0.649. The fourth-order valence-corrected chi connectivity index (χ4v) is 5.50. The smallest absolute Gasteiger partial charge is 0.246 e. The summed E-state index contributed by atoms with van der Waals surface area (Å²) in [5, 5.41) is 3.51. The number of amides is 1. The van der Waals surface area contributed by atoms with Crippen molar-refractivity contribution in [2.75, 3.05) is 53.0 Å². The second-order valence-corrected chi connectivity index (χ2v) is 9.52. The first kappa shape index (κ1) is 22.3. The standard InChI is InChI=1S/C19H28ClN3O5S/c1-27-17-5-4-15(20)13-18(17)29(25,26)23(14-16-3-2-12-28-16)9-6-19(24)22-10-7-21-8-11-22/h4-5,13,16,21H,2-3,6-12,14H2,1H3/t16-/m0/s1. The van der Waals surface area contributed by atoms with E-state index in [1.807, 2.05) is 0 Å². The molecule has 8 nitrogen and oxygen atoms in total. The van der Waals surface area contributed by atoms with Crippen LogP contribution in [0.5, 0.6) is 5.75 Å². The molecule has 0 unspecified atom stereocenters. The van der Waals surface area contributed by atoms with Crippen molar-refractivity contribution >= 4 is 27.5 Å². The summed E-state index contributed by atoms with van der Waals surface area (Å²) in [6.45, 7) is 3.69. The van der Waals surface area contributed by atoms with Gasteiger partial charge in [0.2, 0.25) is 15.9 Å². The average molecular weight is 446 g/mol. The Labute approximate surface area is 177 Å². The Morgan fingerprint density at radius 1 is 1.38 bits per heavy atom. The molecule has 2 heterocycles. The largest absolute Gasteiger partial charge is 0.495 e. The minimum atomic E-state index is -3.92. The van der Waals surface area contributed by atoms with Crippen LogP contribution < -0.4 is 10.1 Å². The number of benzene rings is 1. The van der Waals surface area contributed by atoms with E-state index in [0.717, 1.165) is 25.9 Å². The maximum atomic E-state index is 13.4. The van der Waals surface area contributed by atoms with Crippen molar-refractivity contribution in [1.82, 2.24) is 14.5 Å². The van der Waals surface area contributed by atoms with E-state index in [1.54, 1.807) is 11.0 Å². The number of hydrogen-bond donors (Lipinski definition) is 1. The van der Waals surface area contributed by atoms with Gasteiger partial charge in [0.05, 0.1) is 13.2 Å². The second kappa shape index (κ2) is 10.1. The zero-order valence-electron chi connectivity index (χ0n) is 16.6. The van der Waals surface area contributed by atoms with Crippen LogP contribution in [0.25, 0.3) is 0 Å². The highest BCUT2D eigenvalue weighted by Gasteiger charge is 2.32. The summed E-state index contributed by atoms with van der Waals surface area (Å²) in [5.41, 5.74) is 0. The molecule has 0 radical (unpaired) electrons. The van der Waals surface area contributed by atoms with Crippen LogP contribution in [0.4, 0.5) is 0 Å². The lowest BCUT2D eigenvalue weighted by Crippen LogP contribution is -2.47. The van der Waals surface area contributed by atoms with Gasteiger partial charge >= 0.3 is 0 Å². The van der Waals surface area contributed by atoms with Gasteiger partial charge in [0.25, 0.3) is 0 Å². The highest BCUT2D eigenvalue weighted by Crippen LogP contribution is 2.30. The van der Waals surface area contributed by atoms with Gasteiger partial charge < -0.3 is 19.7 Å². The number of carbonyl (C=O) groups excluding carboxylic acids is 1. The topological polar surface area (TPSA) is 88.2 Å². The van der Waals surface area contributed by atoms with E-state index in [-0.39, 0.29) is 42.2 Å². The highest BCUT2D eigenvalue weighted by atomic mass is 35.5. The number of piperazine rings is 1. The van der Waals surface area contributed by atoms with Gasteiger partial charge in [-0.05, 0) is 31.0 Å².